The van der Waals surface area contributed by atoms with Crippen molar-refractivity contribution in [1.29, 1.82) is 0 Å². The minimum absolute atomic E-state index is 0.0317. The van der Waals surface area contributed by atoms with Crippen LogP contribution in [-0.2, 0) is 10.3 Å². The zero-order chi connectivity index (χ0) is 24.9. The number of benzene rings is 3. The summed E-state index contributed by atoms with van der Waals surface area (Å²) in [6.45, 7) is 0.305. The molecule has 2 unspecified atom stereocenters. The molecule has 2 saturated heterocycles. The Morgan fingerprint density at radius 3 is 2.11 bits per heavy atom. The Morgan fingerprint density at radius 2 is 1.53 bits per heavy atom. The molecule has 2 fully saturated rings. The highest BCUT2D eigenvalue weighted by atomic mass is 16.6. The lowest BCUT2D eigenvalue weighted by atomic mass is 9.80. The summed E-state index contributed by atoms with van der Waals surface area (Å²) in [6, 6.07) is 22.1. The van der Waals surface area contributed by atoms with E-state index in [0.717, 1.165) is 18.4 Å². The second-order valence-corrected chi connectivity index (χ2v) is 10.1. The molecule has 2 aliphatic heterocycles. The molecule has 0 saturated carbocycles. The Balaban J connectivity index is 1.19. The van der Waals surface area contributed by atoms with Crippen LogP contribution in [0.4, 0.5) is 4.79 Å². The van der Waals surface area contributed by atoms with E-state index in [4.69, 9.17) is 14.2 Å². The monoisotopic (exact) mass is 485 g/mol. The molecule has 2 bridgehead atoms. The van der Waals surface area contributed by atoms with Crippen molar-refractivity contribution >= 4 is 6.09 Å². The number of hydrogen-bond acceptors (Lipinski definition) is 5. The van der Waals surface area contributed by atoms with Crippen molar-refractivity contribution in [2.45, 2.75) is 49.3 Å². The van der Waals surface area contributed by atoms with Gasteiger partial charge in [-0.15, -0.1) is 0 Å². The summed E-state index contributed by atoms with van der Waals surface area (Å²) in [4.78, 5) is 15.2. The maximum atomic E-state index is 13.4. The number of nitrogens with zero attached hydrogens (tertiary/aromatic N) is 1. The average Bonchev–Trinajstić information content (AvgIpc) is 3.38. The van der Waals surface area contributed by atoms with Gasteiger partial charge in [-0.1, -0.05) is 48.5 Å². The molecule has 2 atom stereocenters. The van der Waals surface area contributed by atoms with Crippen molar-refractivity contribution in [3.63, 3.8) is 0 Å². The van der Waals surface area contributed by atoms with Gasteiger partial charge in [-0.3, -0.25) is 0 Å². The molecule has 1 N–H and O–H groups in total. The van der Waals surface area contributed by atoms with Crippen molar-refractivity contribution in [2.75, 3.05) is 20.8 Å². The molecule has 0 spiro atoms. The summed E-state index contributed by atoms with van der Waals surface area (Å²) in [5.41, 5.74) is 4.51. The third-order valence-corrected chi connectivity index (χ3v) is 8.22. The quantitative estimate of drug-likeness (QED) is 0.519. The third-order valence-electron chi connectivity index (χ3n) is 8.22. The Bertz CT molecular complexity index is 1240. The lowest BCUT2D eigenvalue weighted by molar-refractivity contribution is -0.0542. The average molecular weight is 486 g/mol. The highest BCUT2D eigenvalue weighted by Crippen LogP contribution is 2.49. The van der Waals surface area contributed by atoms with Gasteiger partial charge in [0.1, 0.15) is 18.1 Å². The van der Waals surface area contributed by atoms with Gasteiger partial charge in [0.05, 0.1) is 19.8 Å². The fraction of sp³-hybridized carbons (Fsp3) is 0.367. The van der Waals surface area contributed by atoms with Gasteiger partial charge < -0.3 is 24.2 Å². The molecular formula is C30H31NO5. The third kappa shape index (κ3) is 3.63. The van der Waals surface area contributed by atoms with Gasteiger partial charge in [0, 0.05) is 42.5 Å². The van der Waals surface area contributed by atoms with Gasteiger partial charge in [0.15, 0.2) is 0 Å². The number of amides is 1. The minimum atomic E-state index is -1.07. The number of carbonyl (C=O) groups is 1. The van der Waals surface area contributed by atoms with E-state index >= 15 is 0 Å². The lowest BCUT2D eigenvalue weighted by Gasteiger charge is -2.43. The van der Waals surface area contributed by atoms with E-state index in [2.05, 4.69) is 24.3 Å². The highest BCUT2D eigenvalue weighted by molar-refractivity contribution is 5.79. The standard InChI is InChI=1S/C30H31NO5/c1-34-21-13-14-27(28(15-21)35-2)30(33)16-19-11-12-20(17-30)31(19)29(32)36-18-26-24-9-5-3-7-22(24)23-8-4-6-10-25(23)26/h3-10,13-15,19-20,26,33H,11-12,16-18H2,1-2H3. The van der Waals surface area contributed by atoms with Crippen molar-refractivity contribution < 1.29 is 24.1 Å². The molecule has 6 nitrogen and oxygen atoms in total. The van der Waals surface area contributed by atoms with Gasteiger partial charge in [-0.2, -0.15) is 0 Å². The van der Waals surface area contributed by atoms with E-state index in [-0.39, 0.29) is 24.1 Å². The number of rotatable bonds is 5. The van der Waals surface area contributed by atoms with Gasteiger partial charge >= 0.3 is 6.09 Å². The molecule has 6 rings (SSSR count). The molecule has 3 aliphatic rings. The lowest BCUT2D eigenvalue weighted by Crippen LogP contribution is -2.52. The summed E-state index contributed by atoms with van der Waals surface area (Å²) in [7, 11) is 3.21. The normalized spacial score (nSPS) is 24.2. The summed E-state index contributed by atoms with van der Waals surface area (Å²) in [5, 5.41) is 11.7. The smallest absolute Gasteiger partial charge is 0.410 e. The number of ether oxygens (including phenoxy) is 3. The van der Waals surface area contributed by atoms with Crippen LogP contribution in [0, 0.1) is 0 Å². The van der Waals surface area contributed by atoms with Crippen LogP contribution in [0.2, 0.25) is 0 Å². The van der Waals surface area contributed by atoms with Crippen LogP contribution in [-0.4, -0.2) is 49.0 Å². The van der Waals surface area contributed by atoms with Crippen LogP contribution in [0.1, 0.15) is 48.3 Å². The predicted molar refractivity (Wildman–Crippen MR) is 136 cm³/mol. The fourth-order valence-electron chi connectivity index (χ4n) is 6.59. The minimum Gasteiger partial charge on any atom is -0.497 e. The molecule has 186 valence electrons. The number of aliphatic hydroxyl groups is 1. The predicted octanol–water partition coefficient (Wildman–Crippen LogP) is 5.47. The Hall–Kier alpha value is -3.51. The molecule has 3 aromatic carbocycles. The zero-order valence-electron chi connectivity index (χ0n) is 20.6. The molecule has 0 radical (unpaired) electrons. The Morgan fingerprint density at radius 1 is 0.917 bits per heavy atom. The molecule has 1 amide bonds. The second-order valence-electron chi connectivity index (χ2n) is 10.1. The van der Waals surface area contributed by atoms with Crippen LogP contribution in [0.5, 0.6) is 11.5 Å². The van der Waals surface area contributed by atoms with Crippen molar-refractivity contribution in [2.24, 2.45) is 0 Å². The molecule has 6 heteroatoms. The molecule has 1 aliphatic carbocycles. The van der Waals surface area contributed by atoms with Crippen molar-refractivity contribution in [1.82, 2.24) is 4.90 Å². The Labute approximate surface area is 211 Å². The van der Waals surface area contributed by atoms with E-state index < -0.39 is 5.60 Å². The summed E-state index contributed by atoms with van der Waals surface area (Å²) < 4.78 is 16.9. The maximum absolute atomic E-state index is 13.4. The molecule has 3 aromatic rings. The van der Waals surface area contributed by atoms with E-state index in [1.165, 1.54) is 22.3 Å². The summed E-state index contributed by atoms with van der Waals surface area (Å²) >= 11 is 0. The first-order valence-electron chi connectivity index (χ1n) is 12.6. The van der Waals surface area contributed by atoms with Crippen LogP contribution in [0.15, 0.2) is 66.7 Å². The van der Waals surface area contributed by atoms with Crippen LogP contribution < -0.4 is 9.47 Å². The number of hydrogen-bond donors (Lipinski definition) is 1. The second kappa shape index (κ2) is 8.86. The highest BCUT2D eigenvalue weighted by Gasteiger charge is 2.51. The van der Waals surface area contributed by atoms with Gasteiger partial charge in [0.25, 0.3) is 0 Å². The van der Waals surface area contributed by atoms with Crippen LogP contribution in [0.3, 0.4) is 0 Å². The first-order valence-corrected chi connectivity index (χ1v) is 12.6. The zero-order valence-corrected chi connectivity index (χ0v) is 20.6. The maximum Gasteiger partial charge on any atom is 0.410 e. The summed E-state index contributed by atoms with van der Waals surface area (Å²) in [5.74, 6) is 1.31. The Kier molecular flexibility index (Phi) is 5.64. The first-order chi connectivity index (χ1) is 17.5. The molecule has 0 aromatic heterocycles. The largest absolute Gasteiger partial charge is 0.497 e. The molecule has 2 heterocycles. The van der Waals surface area contributed by atoms with Crippen molar-refractivity contribution in [3.05, 3.63) is 83.4 Å². The van der Waals surface area contributed by atoms with Gasteiger partial charge in [0.2, 0.25) is 0 Å². The fourth-order valence-corrected chi connectivity index (χ4v) is 6.59. The van der Waals surface area contributed by atoms with Gasteiger partial charge in [-0.25, -0.2) is 4.79 Å². The molecular weight excluding hydrogens is 454 g/mol. The molecule has 36 heavy (non-hydrogen) atoms. The number of piperidine rings is 1. The van der Waals surface area contributed by atoms with Crippen LogP contribution in [0.25, 0.3) is 11.1 Å². The number of methoxy groups -OCH3 is 2. The van der Waals surface area contributed by atoms with Crippen LogP contribution >= 0.6 is 0 Å². The van der Waals surface area contributed by atoms with E-state index in [0.29, 0.717) is 30.9 Å². The van der Waals surface area contributed by atoms with E-state index in [9.17, 15) is 9.90 Å². The summed E-state index contributed by atoms with van der Waals surface area (Å²) in [6.07, 6.45) is 2.34. The van der Waals surface area contributed by atoms with E-state index in [1.54, 1.807) is 20.3 Å². The van der Waals surface area contributed by atoms with Gasteiger partial charge in [-0.05, 0) is 47.2 Å². The topological polar surface area (TPSA) is 68.2 Å². The number of carbonyl (C=O) groups excluding carboxylic acids is 1. The first kappa shape index (κ1) is 22.9. The van der Waals surface area contributed by atoms with Crippen molar-refractivity contribution in [3.8, 4) is 22.6 Å². The SMILES string of the molecule is COc1ccc(C2(O)CC3CCC(C2)N3C(=O)OCC2c3ccccc3-c3ccccc32)c(OC)c1. The number of fused-ring (bicyclic) bond motifs is 5. The van der Waals surface area contributed by atoms with E-state index in [1.807, 2.05) is 41.3 Å².